The molecular formula is C18H17FN2OS. The van der Waals surface area contributed by atoms with Gasteiger partial charge in [-0.2, -0.15) is 0 Å². The summed E-state index contributed by atoms with van der Waals surface area (Å²) in [6.45, 7) is 4.46. The Kier molecular flexibility index (Phi) is 4.48. The van der Waals surface area contributed by atoms with Crippen LogP contribution < -0.4 is 5.56 Å². The maximum absolute atomic E-state index is 13.4. The van der Waals surface area contributed by atoms with Gasteiger partial charge in [0.1, 0.15) is 5.82 Å². The number of fused-ring (bicyclic) bond motifs is 1. The minimum absolute atomic E-state index is 0.00318. The number of aromatic nitrogens is 2. The van der Waals surface area contributed by atoms with E-state index in [4.69, 9.17) is 0 Å². The van der Waals surface area contributed by atoms with Crippen LogP contribution >= 0.6 is 11.8 Å². The fourth-order valence-electron chi connectivity index (χ4n) is 2.50. The zero-order valence-corrected chi connectivity index (χ0v) is 13.8. The van der Waals surface area contributed by atoms with Crippen molar-refractivity contribution in [2.45, 2.75) is 30.8 Å². The summed E-state index contributed by atoms with van der Waals surface area (Å²) in [5.74, 6) is -0.255. The van der Waals surface area contributed by atoms with Crippen molar-refractivity contribution >= 4 is 22.7 Å². The first kappa shape index (κ1) is 15.7. The molecule has 23 heavy (non-hydrogen) atoms. The summed E-state index contributed by atoms with van der Waals surface area (Å²) < 4.78 is 15.1. The van der Waals surface area contributed by atoms with Crippen LogP contribution in [0.15, 0.2) is 58.5 Å². The van der Waals surface area contributed by atoms with Crippen LogP contribution in [0.5, 0.6) is 0 Å². The number of rotatable bonds is 4. The Bertz CT molecular complexity index is 907. The highest BCUT2D eigenvalue weighted by Crippen LogP contribution is 2.33. The van der Waals surface area contributed by atoms with E-state index in [-0.39, 0.29) is 16.6 Å². The summed E-state index contributed by atoms with van der Waals surface area (Å²) in [6.07, 6.45) is 0. The first-order valence-electron chi connectivity index (χ1n) is 7.52. The molecule has 0 N–H and O–H groups in total. The molecule has 1 aromatic heterocycles. The van der Waals surface area contributed by atoms with Crippen molar-refractivity contribution in [2.75, 3.05) is 0 Å². The third-order valence-electron chi connectivity index (χ3n) is 3.74. The molecule has 118 valence electrons. The van der Waals surface area contributed by atoms with Gasteiger partial charge < -0.3 is 0 Å². The standard InChI is InChI=1S/C18H17FN2OS/c1-3-21-17(22)15-9-4-5-10-16(15)20-18(21)23-12(2)13-7-6-8-14(19)11-13/h4-12H,3H2,1-2H3/t12-/m0/s1. The molecule has 0 radical (unpaired) electrons. The number of hydrogen-bond donors (Lipinski definition) is 0. The second-order valence-corrected chi connectivity index (χ2v) is 6.58. The van der Waals surface area contributed by atoms with Gasteiger partial charge in [-0.1, -0.05) is 36.0 Å². The average Bonchev–Trinajstić information content (AvgIpc) is 2.55. The van der Waals surface area contributed by atoms with E-state index in [1.54, 1.807) is 16.7 Å². The summed E-state index contributed by atoms with van der Waals surface area (Å²) in [7, 11) is 0. The summed E-state index contributed by atoms with van der Waals surface area (Å²) in [6, 6.07) is 13.9. The summed E-state index contributed by atoms with van der Waals surface area (Å²) in [5.41, 5.74) is 1.53. The van der Waals surface area contributed by atoms with Crippen LogP contribution in [0.4, 0.5) is 4.39 Å². The van der Waals surface area contributed by atoms with Crippen molar-refractivity contribution in [3.63, 3.8) is 0 Å². The van der Waals surface area contributed by atoms with E-state index in [0.29, 0.717) is 22.6 Å². The largest absolute Gasteiger partial charge is 0.287 e. The van der Waals surface area contributed by atoms with Gasteiger partial charge in [-0.05, 0) is 43.7 Å². The second kappa shape index (κ2) is 6.54. The Morgan fingerprint density at radius 2 is 2.00 bits per heavy atom. The summed E-state index contributed by atoms with van der Waals surface area (Å²) in [5, 5.41) is 1.28. The smallest absolute Gasteiger partial charge is 0.262 e. The van der Waals surface area contributed by atoms with Crippen molar-refractivity contribution in [3.05, 3.63) is 70.3 Å². The number of halogens is 1. The van der Waals surface area contributed by atoms with Crippen molar-refractivity contribution in [2.24, 2.45) is 0 Å². The van der Waals surface area contributed by atoms with Crippen molar-refractivity contribution in [1.82, 2.24) is 9.55 Å². The topological polar surface area (TPSA) is 34.9 Å². The number of nitrogens with zero attached hydrogens (tertiary/aromatic N) is 2. The molecule has 0 bridgehead atoms. The van der Waals surface area contributed by atoms with E-state index in [1.165, 1.54) is 23.9 Å². The van der Waals surface area contributed by atoms with Crippen molar-refractivity contribution in [1.29, 1.82) is 0 Å². The molecule has 0 aliphatic heterocycles. The van der Waals surface area contributed by atoms with Gasteiger partial charge in [0, 0.05) is 11.8 Å². The Morgan fingerprint density at radius 1 is 1.22 bits per heavy atom. The van der Waals surface area contributed by atoms with Crippen LogP contribution in [0, 0.1) is 5.82 Å². The number of para-hydroxylation sites is 1. The predicted molar refractivity (Wildman–Crippen MR) is 92.3 cm³/mol. The maximum atomic E-state index is 13.4. The second-order valence-electron chi connectivity index (χ2n) is 5.28. The SMILES string of the molecule is CCn1c(S[C@@H](C)c2cccc(F)c2)nc2ccccc2c1=O. The first-order valence-corrected chi connectivity index (χ1v) is 8.40. The summed E-state index contributed by atoms with van der Waals surface area (Å²) in [4.78, 5) is 17.2. The predicted octanol–water partition coefficient (Wildman–Crippen LogP) is 4.41. The molecule has 0 aliphatic carbocycles. The highest BCUT2D eigenvalue weighted by atomic mass is 32.2. The van der Waals surface area contributed by atoms with Gasteiger partial charge in [-0.3, -0.25) is 9.36 Å². The average molecular weight is 328 g/mol. The normalized spacial score (nSPS) is 12.5. The van der Waals surface area contributed by atoms with E-state index < -0.39 is 0 Å². The van der Waals surface area contributed by atoms with E-state index in [9.17, 15) is 9.18 Å². The zero-order chi connectivity index (χ0) is 16.4. The molecule has 2 aromatic carbocycles. The maximum Gasteiger partial charge on any atom is 0.262 e. The lowest BCUT2D eigenvalue weighted by Crippen LogP contribution is -2.22. The van der Waals surface area contributed by atoms with E-state index in [2.05, 4.69) is 4.98 Å². The first-order chi connectivity index (χ1) is 11.1. The minimum Gasteiger partial charge on any atom is -0.287 e. The Morgan fingerprint density at radius 3 is 2.74 bits per heavy atom. The molecule has 1 heterocycles. The third kappa shape index (κ3) is 3.15. The van der Waals surface area contributed by atoms with E-state index in [1.807, 2.05) is 38.1 Å². The molecule has 0 amide bonds. The quantitative estimate of drug-likeness (QED) is 0.526. The van der Waals surface area contributed by atoms with Gasteiger partial charge in [-0.25, -0.2) is 9.37 Å². The zero-order valence-electron chi connectivity index (χ0n) is 13.0. The molecule has 1 atom stereocenters. The van der Waals surface area contributed by atoms with Crippen LogP contribution in [0.1, 0.15) is 24.7 Å². The monoisotopic (exact) mass is 328 g/mol. The molecule has 5 heteroatoms. The highest BCUT2D eigenvalue weighted by molar-refractivity contribution is 7.99. The lowest BCUT2D eigenvalue weighted by molar-refractivity contribution is 0.624. The minimum atomic E-state index is -0.255. The van der Waals surface area contributed by atoms with Gasteiger partial charge in [0.25, 0.3) is 5.56 Å². The molecule has 0 fully saturated rings. The Balaban J connectivity index is 2.04. The highest BCUT2D eigenvalue weighted by Gasteiger charge is 2.15. The van der Waals surface area contributed by atoms with Crippen LogP contribution in [0.3, 0.4) is 0 Å². The lowest BCUT2D eigenvalue weighted by Gasteiger charge is -2.15. The van der Waals surface area contributed by atoms with Gasteiger partial charge in [0.15, 0.2) is 5.16 Å². The van der Waals surface area contributed by atoms with Crippen LogP contribution in [-0.2, 0) is 6.54 Å². The molecule has 0 spiro atoms. The number of benzene rings is 2. The molecule has 3 aromatic rings. The van der Waals surface area contributed by atoms with Crippen LogP contribution in [0.2, 0.25) is 0 Å². The number of thioether (sulfide) groups is 1. The fourth-order valence-corrected chi connectivity index (χ4v) is 3.59. The third-order valence-corrected chi connectivity index (χ3v) is 4.89. The molecule has 0 saturated carbocycles. The van der Waals surface area contributed by atoms with Crippen molar-refractivity contribution < 1.29 is 4.39 Å². The molecule has 0 unspecified atom stereocenters. The fraction of sp³-hybridized carbons (Fsp3) is 0.222. The Labute approximate surface area is 138 Å². The molecule has 3 nitrogen and oxygen atoms in total. The van der Waals surface area contributed by atoms with Crippen LogP contribution in [0.25, 0.3) is 10.9 Å². The van der Waals surface area contributed by atoms with Crippen molar-refractivity contribution in [3.8, 4) is 0 Å². The number of hydrogen-bond acceptors (Lipinski definition) is 3. The van der Waals surface area contributed by atoms with E-state index >= 15 is 0 Å². The summed E-state index contributed by atoms with van der Waals surface area (Å²) >= 11 is 1.47. The molecular weight excluding hydrogens is 311 g/mol. The van der Waals surface area contributed by atoms with Crippen LogP contribution in [-0.4, -0.2) is 9.55 Å². The van der Waals surface area contributed by atoms with Gasteiger partial charge in [0.2, 0.25) is 0 Å². The van der Waals surface area contributed by atoms with E-state index in [0.717, 1.165) is 5.56 Å². The Hall–Kier alpha value is -2.14. The molecule has 0 saturated heterocycles. The lowest BCUT2D eigenvalue weighted by atomic mass is 10.2. The molecule has 3 rings (SSSR count). The van der Waals surface area contributed by atoms with Gasteiger partial charge >= 0.3 is 0 Å². The molecule has 0 aliphatic rings. The van der Waals surface area contributed by atoms with Gasteiger partial charge in [-0.15, -0.1) is 0 Å². The van der Waals surface area contributed by atoms with Gasteiger partial charge in [0.05, 0.1) is 10.9 Å².